The van der Waals surface area contributed by atoms with E-state index in [4.69, 9.17) is 14.2 Å². The average Bonchev–Trinajstić information content (AvgIpc) is 3.31. The van der Waals surface area contributed by atoms with Gasteiger partial charge in [-0.15, -0.1) is 0 Å². The summed E-state index contributed by atoms with van der Waals surface area (Å²) in [5.41, 5.74) is 4.01. The number of carbonyl (C=O) groups is 1. The minimum Gasteiger partial charge on any atom is -0.496 e. The first kappa shape index (κ1) is 16.1. The van der Waals surface area contributed by atoms with Crippen molar-refractivity contribution in [3.05, 3.63) is 59.2 Å². The molecule has 25 heavy (non-hydrogen) atoms. The van der Waals surface area contributed by atoms with E-state index >= 15 is 0 Å². The van der Waals surface area contributed by atoms with Crippen LogP contribution in [0.15, 0.2) is 42.5 Å². The predicted octanol–water partition coefficient (Wildman–Crippen LogP) is 3.02. The molecule has 130 valence electrons. The van der Waals surface area contributed by atoms with Gasteiger partial charge in [0.05, 0.1) is 25.9 Å². The molecule has 5 heteroatoms. The first-order valence-corrected chi connectivity index (χ1v) is 8.57. The maximum absolute atomic E-state index is 13.1. The number of ether oxygens (including phenoxy) is 3. The quantitative estimate of drug-likeness (QED) is 0.930. The molecular formula is C20H21NO4. The average molecular weight is 339 g/mol. The molecule has 2 aromatic carbocycles. The zero-order chi connectivity index (χ0) is 17.3. The van der Waals surface area contributed by atoms with Crippen LogP contribution in [0.5, 0.6) is 5.75 Å². The molecule has 0 radical (unpaired) electrons. The van der Waals surface area contributed by atoms with Gasteiger partial charge in [0.25, 0.3) is 11.7 Å². The van der Waals surface area contributed by atoms with Crippen molar-refractivity contribution in [3.63, 3.8) is 0 Å². The second-order valence-electron chi connectivity index (χ2n) is 6.30. The summed E-state index contributed by atoms with van der Waals surface area (Å²) in [5, 5.41) is 2.96. The SMILES string of the molecule is COc1ccccc1C1(C(=O)Nc2ccc3c(c2)CCC3)OCCO1. The highest BCUT2D eigenvalue weighted by atomic mass is 16.7. The van der Waals surface area contributed by atoms with Crippen LogP contribution in [-0.2, 0) is 32.9 Å². The fourth-order valence-corrected chi connectivity index (χ4v) is 3.60. The third-order valence-corrected chi connectivity index (χ3v) is 4.81. The number of hydrogen-bond donors (Lipinski definition) is 1. The molecule has 0 spiro atoms. The Labute approximate surface area is 146 Å². The fourth-order valence-electron chi connectivity index (χ4n) is 3.60. The molecule has 1 saturated heterocycles. The van der Waals surface area contributed by atoms with Crippen molar-refractivity contribution < 1.29 is 19.0 Å². The van der Waals surface area contributed by atoms with E-state index in [9.17, 15) is 4.79 Å². The zero-order valence-electron chi connectivity index (χ0n) is 14.2. The van der Waals surface area contributed by atoms with E-state index in [1.54, 1.807) is 19.2 Å². The lowest BCUT2D eigenvalue weighted by molar-refractivity contribution is -0.182. The van der Waals surface area contributed by atoms with E-state index in [2.05, 4.69) is 11.4 Å². The van der Waals surface area contributed by atoms with Crippen LogP contribution in [0.1, 0.15) is 23.1 Å². The van der Waals surface area contributed by atoms with Crippen molar-refractivity contribution in [2.24, 2.45) is 0 Å². The molecular weight excluding hydrogens is 318 g/mol. The third kappa shape index (κ3) is 2.79. The molecule has 1 heterocycles. The molecule has 0 saturated carbocycles. The molecule has 0 bridgehead atoms. The van der Waals surface area contributed by atoms with Crippen LogP contribution in [0.3, 0.4) is 0 Å². The van der Waals surface area contributed by atoms with Crippen LogP contribution in [0, 0.1) is 0 Å². The zero-order valence-corrected chi connectivity index (χ0v) is 14.2. The van der Waals surface area contributed by atoms with E-state index < -0.39 is 5.79 Å². The summed E-state index contributed by atoms with van der Waals surface area (Å²) >= 11 is 0. The van der Waals surface area contributed by atoms with E-state index in [0.717, 1.165) is 18.5 Å². The van der Waals surface area contributed by atoms with E-state index in [1.165, 1.54) is 17.5 Å². The van der Waals surface area contributed by atoms with Gasteiger partial charge in [0.15, 0.2) is 0 Å². The molecule has 1 aliphatic carbocycles. The van der Waals surface area contributed by atoms with Crippen molar-refractivity contribution in [3.8, 4) is 5.75 Å². The van der Waals surface area contributed by atoms with Gasteiger partial charge in [-0.1, -0.05) is 18.2 Å². The number of hydrogen-bond acceptors (Lipinski definition) is 4. The van der Waals surface area contributed by atoms with E-state index in [1.807, 2.05) is 24.3 Å². The number of benzene rings is 2. The largest absolute Gasteiger partial charge is 0.496 e. The summed E-state index contributed by atoms with van der Waals surface area (Å²) < 4.78 is 17.0. The van der Waals surface area contributed by atoms with Gasteiger partial charge in [-0.3, -0.25) is 4.79 Å². The highest BCUT2D eigenvalue weighted by Gasteiger charge is 2.48. The lowest BCUT2D eigenvalue weighted by Gasteiger charge is -2.27. The Morgan fingerprint density at radius 2 is 1.84 bits per heavy atom. The fraction of sp³-hybridized carbons (Fsp3) is 0.350. The Balaban J connectivity index is 1.66. The molecule has 1 fully saturated rings. The van der Waals surface area contributed by atoms with Crippen LogP contribution >= 0.6 is 0 Å². The van der Waals surface area contributed by atoms with E-state index in [-0.39, 0.29) is 5.91 Å². The number of anilines is 1. The van der Waals surface area contributed by atoms with Crippen molar-refractivity contribution in [1.29, 1.82) is 0 Å². The Hall–Kier alpha value is -2.37. The second kappa shape index (κ2) is 6.50. The number of para-hydroxylation sites is 1. The van der Waals surface area contributed by atoms with Gasteiger partial charge in [-0.2, -0.15) is 0 Å². The van der Waals surface area contributed by atoms with Gasteiger partial charge in [-0.25, -0.2) is 0 Å². The standard InChI is InChI=1S/C20H21NO4/c1-23-18-8-3-2-7-17(18)20(24-11-12-25-20)19(22)21-16-10-9-14-5-4-6-15(14)13-16/h2-3,7-10,13H,4-6,11-12H2,1H3,(H,21,22). The third-order valence-electron chi connectivity index (χ3n) is 4.81. The Morgan fingerprint density at radius 3 is 2.64 bits per heavy atom. The lowest BCUT2D eigenvalue weighted by atomic mass is 10.0. The van der Waals surface area contributed by atoms with Crippen LogP contribution in [0.25, 0.3) is 0 Å². The van der Waals surface area contributed by atoms with Gasteiger partial charge >= 0.3 is 0 Å². The molecule has 0 atom stereocenters. The molecule has 5 nitrogen and oxygen atoms in total. The molecule has 2 aromatic rings. The first-order chi connectivity index (χ1) is 12.2. The predicted molar refractivity (Wildman–Crippen MR) is 93.7 cm³/mol. The van der Waals surface area contributed by atoms with Crippen LogP contribution in [0.4, 0.5) is 5.69 Å². The summed E-state index contributed by atoms with van der Waals surface area (Å²) in [6.45, 7) is 0.714. The minimum absolute atomic E-state index is 0.340. The molecule has 1 aliphatic heterocycles. The molecule has 1 amide bonds. The summed E-state index contributed by atoms with van der Waals surface area (Å²) in [6, 6.07) is 13.4. The van der Waals surface area contributed by atoms with Gasteiger partial charge in [-0.05, 0) is 54.7 Å². The number of methoxy groups -OCH3 is 1. The first-order valence-electron chi connectivity index (χ1n) is 8.57. The van der Waals surface area contributed by atoms with Crippen molar-refractivity contribution in [2.75, 3.05) is 25.6 Å². The van der Waals surface area contributed by atoms with Crippen LogP contribution in [-0.4, -0.2) is 26.2 Å². The number of aryl methyl sites for hydroxylation is 2. The maximum Gasteiger partial charge on any atom is 0.289 e. The van der Waals surface area contributed by atoms with Gasteiger partial charge < -0.3 is 19.5 Å². The van der Waals surface area contributed by atoms with Crippen molar-refractivity contribution >= 4 is 11.6 Å². The summed E-state index contributed by atoms with van der Waals surface area (Å²) in [4.78, 5) is 13.1. The Morgan fingerprint density at radius 1 is 1.08 bits per heavy atom. The smallest absolute Gasteiger partial charge is 0.289 e. The Bertz CT molecular complexity index is 796. The topological polar surface area (TPSA) is 56.8 Å². The second-order valence-corrected chi connectivity index (χ2v) is 6.30. The molecule has 4 rings (SSSR count). The van der Waals surface area contributed by atoms with Gasteiger partial charge in [0, 0.05) is 5.69 Å². The summed E-state index contributed by atoms with van der Waals surface area (Å²) in [5.74, 6) is -1.26. The van der Waals surface area contributed by atoms with Crippen molar-refractivity contribution in [2.45, 2.75) is 25.0 Å². The number of carbonyl (C=O) groups excluding carboxylic acids is 1. The summed E-state index contributed by atoms with van der Waals surface area (Å²) in [6.07, 6.45) is 3.34. The molecule has 1 N–H and O–H groups in total. The van der Waals surface area contributed by atoms with Gasteiger partial charge in [0.2, 0.25) is 0 Å². The maximum atomic E-state index is 13.1. The molecule has 0 aromatic heterocycles. The number of rotatable bonds is 4. The molecule has 0 unspecified atom stereocenters. The number of nitrogens with one attached hydrogen (secondary N) is 1. The minimum atomic E-state index is -1.48. The lowest BCUT2D eigenvalue weighted by Crippen LogP contribution is -2.41. The van der Waals surface area contributed by atoms with E-state index in [0.29, 0.717) is 24.5 Å². The van der Waals surface area contributed by atoms with Gasteiger partial charge in [0.1, 0.15) is 5.75 Å². The van der Waals surface area contributed by atoms with Crippen LogP contribution in [0.2, 0.25) is 0 Å². The van der Waals surface area contributed by atoms with Crippen LogP contribution < -0.4 is 10.1 Å². The Kier molecular flexibility index (Phi) is 4.19. The summed E-state index contributed by atoms with van der Waals surface area (Å²) in [7, 11) is 1.57. The molecule has 2 aliphatic rings. The highest BCUT2D eigenvalue weighted by Crippen LogP contribution is 2.38. The van der Waals surface area contributed by atoms with Crippen molar-refractivity contribution in [1.82, 2.24) is 0 Å². The number of fused-ring (bicyclic) bond motifs is 1. The normalized spacial score (nSPS) is 18.0. The highest BCUT2D eigenvalue weighted by molar-refractivity contribution is 5.97. The monoisotopic (exact) mass is 339 g/mol. The number of amides is 1.